The lowest BCUT2D eigenvalue weighted by atomic mass is 9.48. The lowest BCUT2D eigenvalue weighted by molar-refractivity contribution is -0.185. The van der Waals surface area contributed by atoms with Crippen LogP contribution in [-0.2, 0) is 25.1 Å². The lowest BCUT2D eigenvalue weighted by Crippen LogP contribution is -2.74. The van der Waals surface area contributed by atoms with Gasteiger partial charge in [0.25, 0.3) is 0 Å². The molecule has 0 radical (unpaired) electrons. The summed E-state index contributed by atoms with van der Waals surface area (Å²) in [4.78, 5) is 19.2. The van der Waals surface area contributed by atoms with Crippen molar-refractivity contribution >= 4 is 17.3 Å². The molecule has 8 nitrogen and oxygen atoms in total. The number of carbonyl (C=O) groups excluding carboxylic acids is 1. The third-order valence-corrected chi connectivity index (χ3v) is 15.6. The van der Waals surface area contributed by atoms with Crippen molar-refractivity contribution in [3.8, 4) is 0 Å². The van der Waals surface area contributed by atoms with Gasteiger partial charge in [0.1, 0.15) is 0 Å². The minimum Gasteiger partial charge on any atom is -0.466 e. The first-order chi connectivity index (χ1) is 23.3. The molecule has 1 saturated carbocycles. The van der Waals surface area contributed by atoms with E-state index in [2.05, 4.69) is 88.9 Å². The van der Waals surface area contributed by atoms with Gasteiger partial charge in [-0.3, -0.25) is 9.80 Å². The maximum atomic E-state index is 13.7. The van der Waals surface area contributed by atoms with E-state index in [0.717, 1.165) is 68.7 Å². The molecule has 7 aliphatic heterocycles. The molecule has 2 bridgehead atoms. The van der Waals surface area contributed by atoms with Crippen molar-refractivity contribution in [2.45, 2.75) is 105 Å². The number of nitrogens with zero attached hydrogens (tertiary/aromatic N) is 2. The number of anilines is 2. The number of ether oxygens (including phenoxy) is 2. The number of hydrogen-bond acceptors (Lipinski definition) is 8. The number of esters is 1. The van der Waals surface area contributed by atoms with Crippen molar-refractivity contribution in [1.82, 2.24) is 9.80 Å². The Morgan fingerprint density at radius 1 is 1.04 bits per heavy atom. The molecule has 10 atom stereocenters. The number of benzene rings is 2. The average molecular weight is 647 g/mol. The Balaban J connectivity index is 1.13. The third-order valence-electron chi connectivity index (χ3n) is 15.6. The molecule has 3 N–H and O–H groups in total. The molecule has 5 fully saturated rings. The Morgan fingerprint density at radius 3 is 2.62 bits per heavy atom. The minimum absolute atomic E-state index is 0.0335. The molecule has 2 aromatic carbocycles. The number of piperidine rings is 1. The molecule has 0 aromatic heterocycles. The highest BCUT2D eigenvalue weighted by atomic mass is 16.6. The summed E-state index contributed by atoms with van der Waals surface area (Å²) >= 11 is 0. The largest absolute Gasteiger partial charge is 0.466 e. The van der Waals surface area contributed by atoms with Crippen molar-refractivity contribution in [3.05, 3.63) is 83.1 Å². The highest BCUT2D eigenvalue weighted by molar-refractivity contribution is 5.93. The van der Waals surface area contributed by atoms with Crippen LogP contribution < -0.4 is 10.6 Å². The number of hydrogen-bond donors (Lipinski definition) is 3. The van der Waals surface area contributed by atoms with E-state index in [4.69, 9.17) is 9.47 Å². The zero-order valence-electron chi connectivity index (χ0n) is 28.2. The first kappa shape index (κ1) is 28.6. The highest BCUT2D eigenvalue weighted by Gasteiger charge is 2.85. The molecular formula is C40H46N4O4. The Kier molecular flexibility index (Phi) is 5.23. The highest BCUT2D eigenvalue weighted by Crippen LogP contribution is 2.76. The zero-order chi connectivity index (χ0) is 32.5. The minimum atomic E-state index is -0.692. The number of carbonyl (C=O) groups is 1. The number of rotatable bonds is 3. The summed E-state index contributed by atoms with van der Waals surface area (Å²) in [6.07, 6.45) is 10.3. The Hall–Kier alpha value is -3.17. The van der Waals surface area contributed by atoms with Gasteiger partial charge in [-0.25, -0.2) is 4.79 Å². The van der Waals surface area contributed by atoms with Crippen LogP contribution in [0.4, 0.5) is 11.4 Å². The zero-order valence-corrected chi connectivity index (χ0v) is 28.2. The molecule has 2 aromatic rings. The van der Waals surface area contributed by atoms with Crippen LogP contribution in [0.25, 0.3) is 0 Å². The summed E-state index contributed by atoms with van der Waals surface area (Å²) in [5.74, 6) is -0.0937. The van der Waals surface area contributed by atoms with E-state index in [1.807, 2.05) is 6.07 Å². The van der Waals surface area contributed by atoms with Crippen LogP contribution in [0.2, 0.25) is 0 Å². The first-order valence-electron chi connectivity index (χ1n) is 18.4. The predicted octanol–water partition coefficient (Wildman–Crippen LogP) is 5.06. The molecule has 4 spiro atoms. The fourth-order valence-electron chi connectivity index (χ4n) is 14.2. The van der Waals surface area contributed by atoms with Crippen molar-refractivity contribution < 1.29 is 19.4 Å². The lowest BCUT2D eigenvalue weighted by Gasteiger charge is -2.63. The molecule has 11 rings (SSSR count). The van der Waals surface area contributed by atoms with Crippen molar-refractivity contribution in [3.63, 3.8) is 0 Å². The van der Waals surface area contributed by atoms with E-state index >= 15 is 0 Å². The molecule has 10 unspecified atom stereocenters. The fourth-order valence-corrected chi connectivity index (χ4v) is 14.2. The standard InChI is InChI=1S/C40H46N4O4/c1-4-35-15-10-18-43-19-17-39(33(35)43)26-12-7-9-14-29(26)42-40(39)27(22-35)31-37(5-2,48-40)23-36-21-24(32(45)47-3)30-38(34(36)46,16-20-44(31)36)25-11-6-8-13-28(25)41-30/h6-15,27,31,33-34,41-42,46H,4-5,16-23H2,1-3H3. The van der Waals surface area contributed by atoms with Gasteiger partial charge in [-0.2, -0.15) is 0 Å². The number of aliphatic hydroxyl groups excluding tert-OH is 1. The predicted molar refractivity (Wildman–Crippen MR) is 182 cm³/mol. The van der Waals surface area contributed by atoms with Crippen LogP contribution >= 0.6 is 0 Å². The fraction of sp³-hybridized carbons (Fsp3) is 0.575. The number of fused-ring (bicyclic) bond motifs is 5. The smallest absolute Gasteiger partial charge is 0.335 e. The van der Waals surface area contributed by atoms with Gasteiger partial charge in [-0.1, -0.05) is 62.4 Å². The van der Waals surface area contributed by atoms with E-state index in [1.165, 1.54) is 18.4 Å². The summed E-state index contributed by atoms with van der Waals surface area (Å²) in [6.45, 7) is 7.62. The average Bonchev–Trinajstić information content (AvgIpc) is 3.87. The van der Waals surface area contributed by atoms with Crippen LogP contribution in [-0.4, -0.2) is 82.7 Å². The summed E-state index contributed by atoms with van der Waals surface area (Å²) in [7, 11) is 1.48. The van der Waals surface area contributed by atoms with Gasteiger partial charge in [0, 0.05) is 60.0 Å². The summed E-state index contributed by atoms with van der Waals surface area (Å²) < 4.78 is 13.5. The summed E-state index contributed by atoms with van der Waals surface area (Å²) in [5.41, 5.74) is 3.81. The van der Waals surface area contributed by atoms with Gasteiger partial charge in [0.15, 0.2) is 5.72 Å². The molecule has 2 aliphatic carbocycles. The van der Waals surface area contributed by atoms with E-state index < -0.39 is 28.4 Å². The van der Waals surface area contributed by atoms with Gasteiger partial charge in [-0.05, 0) is 68.3 Å². The topological polar surface area (TPSA) is 86.3 Å². The maximum Gasteiger partial charge on any atom is 0.335 e. The van der Waals surface area contributed by atoms with E-state index in [0.29, 0.717) is 24.5 Å². The number of methoxy groups -OCH3 is 1. The molecule has 8 heteroatoms. The Labute approximate surface area is 282 Å². The third kappa shape index (κ3) is 2.73. The monoisotopic (exact) mass is 646 g/mol. The second-order valence-electron chi connectivity index (χ2n) is 16.6. The van der Waals surface area contributed by atoms with Crippen LogP contribution in [0, 0.1) is 11.3 Å². The Morgan fingerprint density at radius 2 is 1.83 bits per heavy atom. The van der Waals surface area contributed by atoms with Gasteiger partial charge in [-0.15, -0.1) is 0 Å². The van der Waals surface area contributed by atoms with Gasteiger partial charge >= 0.3 is 5.97 Å². The molecular weight excluding hydrogens is 600 g/mol. The van der Waals surface area contributed by atoms with E-state index in [-0.39, 0.29) is 28.8 Å². The van der Waals surface area contributed by atoms with Crippen molar-refractivity contribution in [2.24, 2.45) is 11.3 Å². The maximum absolute atomic E-state index is 13.7. The van der Waals surface area contributed by atoms with Crippen molar-refractivity contribution in [1.29, 1.82) is 0 Å². The molecule has 48 heavy (non-hydrogen) atoms. The summed E-state index contributed by atoms with van der Waals surface area (Å²) in [5, 5.41) is 20.9. The SMILES string of the molecule is CCC12C=CCN3CCC4(c5ccccc5NC45OC4(CC)CC67CC(C(=O)OC)=C8Nc9ccccc9C8(CCN6C4C5C1)C7O)C32. The van der Waals surface area contributed by atoms with Gasteiger partial charge in [0.2, 0.25) is 0 Å². The Bertz CT molecular complexity index is 1880. The molecule has 250 valence electrons. The number of para-hydroxylation sites is 2. The number of nitrogens with one attached hydrogen (secondary N) is 2. The second-order valence-corrected chi connectivity index (χ2v) is 16.6. The second kappa shape index (κ2) is 8.76. The van der Waals surface area contributed by atoms with Crippen LogP contribution in [0.3, 0.4) is 0 Å². The van der Waals surface area contributed by atoms with Crippen LogP contribution in [0.15, 0.2) is 72.0 Å². The molecule has 0 amide bonds. The first-order valence-corrected chi connectivity index (χ1v) is 18.4. The summed E-state index contributed by atoms with van der Waals surface area (Å²) in [6, 6.07) is 17.8. The van der Waals surface area contributed by atoms with Crippen LogP contribution in [0.1, 0.15) is 69.9 Å². The van der Waals surface area contributed by atoms with Crippen LogP contribution in [0.5, 0.6) is 0 Å². The quantitative estimate of drug-likeness (QED) is 0.316. The molecule has 9 aliphatic rings. The normalized spacial score (nSPS) is 46.8. The number of aliphatic hydroxyl groups is 1. The van der Waals surface area contributed by atoms with Gasteiger partial charge < -0.3 is 25.2 Å². The molecule has 7 heterocycles. The van der Waals surface area contributed by atoms with E-state index in [9.17, 15) is 9.90 Å². The van der Waals surface area contributed by atoms with E-state index in [1.54, 1.807) is 0 Å². The van der Waals surface area contributed by atoms with Gasteiger partial charge in [0.05, 0.1) is 40.8 Å². The molecule has 4 saturated heterocycles. The van der Waals surface area contributed by atoms with Crippen molar-refractivity contribution in [2.75, 3.05) is 37.4 Å².